The van der Waals surface area contributed by atoms with Gasteiger partial charge in [-0.05, 0) is 27.7 Å². The van der Waals surface area contributed by atoms with Gasteiger partial charge in [-0.3, -0.25) is 0 Å². The lowest BCUT2D eigenvalue weighted by molar-refractivity contribution is -0.200. The summed E-state index contributed by atoms with van der Waals surface area (Å²) in [4.78, 5) is 0. The average molecular weight is 217 g/mol. The highest BCUT2D eigenvalue weighted by atomic mass is 16.7. The molecule has 1 N–H and O–H groups in total. The van der Waals surface area contributed by atoms with Gasteiger partial charge in [0.1, 0.15) is 0 Å². The monoisotopic (exact) mass is 217 g/mol. The Morgan fingerprint density at radius 1 is 1.20 bits per heavy atom. The van der Waals surface area contributed by atoms with E-state index in [-0.39, 0.29) is 24.6 Å². The van der Waals surface area contributed by atoms with E-state index < -0.39 is 0 Å². The first-order chi connectivity index (χ1) is 7.09. The van der Waals surface area contributed by atoms with Crippen LogP contribution in [0.3, 0.4) is 0 Å². The predicted molar refractivity (Wildman–Crippen MR) is 58.8 cm³/mol. The molecule has 1 aliphatic rings. The highest BCUT2D eigenvalue weighted by Crippen LogP contribution is 2.10. The fraction of sp³-hybridized carbons (Fsp3) is 1.00. The van der Waals surface area contributed by atoms with Crippen LogP contribution in [0.2, 0.25) is 0 Å². The van der Waals surface area contributed by atoms with Gasteiger partial charge in [0.05, 0.1) is 24.9 Å². The number of hydrogen-bond donors (Lipinski definition) is 1. The van der Waals surface area contributed by atoms with E-state index in [0.29, 0.717) is 0 Å². The minimum atomic E-state index is -0.175. The third-order valence-corrected chi connectivity index (χ3v) is 2.35. The third-order valence-electron chi connectivity index (χ3n) is 2.35. The summed E-state index contributed by atoms with van der Waals surface area (Å²) in [6.07, 6.45) is 0.214. The zero-order valence-electron chi connectivity index (χ0n) is 10.2. The Balaban J connectivity index is 2.23. The second-order valence-electron chi connectivity index (χ2n) is 4.21. The average Bonchev–Trinajstić information content (AvgIpc) is 2.17. The van der Waals surface area contributed by atoms with E-state index in [1.807, 2.05) is 27.7 Å². The molecule has 0 aliphatic carbocycles. The van der Waals surface area contributed by atoms with Crippen molar-refractivity contribution in [3.63, 3.8) is 0 Å². The van der Waals surface area contributed by atoms with Crippen LogP contribution in [0.4, 0.5) is 0 Å². The van der Waals surface area contributed by atoms with Gasteiger partial charge in [0, 0.05) is 13.1 Å². The summed E-state index contributed by atoms with van der Waals surface area (Å²) in [6, 6.07) is 0. The number of hydrogen-bond acceptors (Lipinski definition) is 4. The van der Waals surface area contributed by atoms with Gasteiger partial charge in [0.15, 0.2) is 6.29 Å². The van der Waals surface area contributed by atoms with Crippen LogP contribution in [0.25, 0.3) is 0 Å². The summed E-state index contributed by atoms with van der Waals surface area (Å²) >= 11 is 0. The Morgan fingerprint density at radius 2 is 1.93 bits per heavy atom. The molecule has 1 fully saturated rings. The van der Waals surface area contributed by atoms with Gasteiger partial charge in [0.25, 0.3) is 0 Å². The normalized spacial score (nSPS) is 26.6. The van der Waals surface area contributed by atoms with Crippen LogP contribution in [0.5, 0.6) is 0 Å². The molecular weight excluding hydrogens is 194 g/mol. The summed E-state index contributed by atoms with van der Waals surface area (Å²) in [5.41, 5.74) is 0. The number of rotatable bonds is 5. The molecule has 0 aromatic heterocycles. The molecule has 1 rings (SSSR count). The van der Waals surface area contributed by atoms with Gasteiger partial charge >= 0.3 is 0 Å². The zero-order chi connectivity index (χ0) is 11.3. The molecular formula is C11H23NO3. The van der Waals surface area contributed by atoms with Gasteiger partial charge in [-0.1, -0.05) is 0 Å². The van der Waals surface area contributed by atoms with E-state index in [0.717, 1.165) is 19.7 Å². The van der Waals surface area contributed by atoms with Crippen molar-refractivity contribution in [3.05, 3.63) is 0 Å². The maximum atomic E-state index is 5.71. The molecule has 0 spiro atoms. The van der Waals surface area contributed by atoms with Gasteiger partial charge in [-0.2, -0.15) is 0 Å². The van der Waals surface area contributed by atoms with E-state index >= 15 is 0 Å². The molecule has 3 atom stereocenters. The molecule has 15 heavy (non-hydrogen) atoms. The predicted octanol–water partition coefficient (Wildman–Crippen LogP) is 1.15. The molecule has 0 radical (unpaired) electrons. The molecule has 0 amide bonds. The van der Waals surface area contributed by atoms with Crippen LogP contribution < -0.4 is 5.32 Å². The van der Waals surface area contributed by atoms with Crippen LogP contribution in [0, 0.1) is 0 Å². The Labute approximate surface area is 92.3 Å². The van der Waals surface area contributed by atoms with E-state index in [1.165, 1.54) is 0 Å². The first-order valence-corrected chi connectivity index (χ1v) is 5.73. The van der Waals surface area contributed by atoms with E-state index in [2.05, 4.69) is 5.32 Å². The van der Waals surface area contributed by atoms with E-state index in [4.69, 9.17) is 14.2 Å². The van der Waals surface area contributed by atoms with Crippen molar-refractivity contribution < 1.29 is 14.2 Å². The molecule has 1 heterocycles. The Kier molecular flexibility index (Phi) is 5.53. The number of ether oxygens (including phenoxy) is 3. The van der Waals surface area contributed by atoms with Crippen molar-refractivity contribution >= 4 is 0 Å². The number of nitrogens with one attached hydrogen (secondary N) is 1. The molecule has 4 nitrogen and oxygen atoms in total. The van der Waals surface area contributed by atoms with Crippen molar-refractivity contribution in [2.24, 2.45) is 0 Å². The highest BCUT2D eigenvalue weighted by molar-refractivity contribution is 4.73. The zero-order valence-corrected chi connectivity index (χ0v) is 10.2. The molecule has 0 aromatic carbocycles. The summed E-state index contributed by atoms with van der Waals surface area (Å²) in [6.45, 7) is 10.5. The smallest absolute Gasteiger partial charge is 0.155 e. The molecule has 4 heteroatoms. The Morgan fingerprint density at radius 3 is 2.47 bits per heavy atom. The van der Waals surface area contributed by atoms with Crippen molar-refractivity contribution in [1.29, 1.82) is 0 Å². The topological polar surface area (TPSA) is 39.7 Å². The summed E-state index contributed by atoms with van der Waals surface area (Å²) in [5.74, 6) is 0. The molecule has 0 aromatic rings. The molecule has 1 aliphatic heterocycles. The third kappa shape index (κ3) is 4.93. The van der Waals surface area contributed by atoms with Crippen LogP contribution in [0.1, 0.15) is 27.7 Å². The second-order valence-corrected chi connectivity index (χ2v) is 4.21. The number of morpholine rings is 1. The van der Waals surface area contributed by atoms with Crippen LogP contribution in [-0.2, 0) is 14.2 Å². The van der Waals surface area contributed by atoms with Gasteiger partial charge in [-0.15, -0.1) is 0 Å². The SMILES string of the molecule is CC(C)OC(C)OC(C)C1CNCCO1. The largest absolute Gasteiger partial charge is 0.373 e. The fourth-order valence-electron chi connectivity index (χ4n) is 1.69. The molecule has 1 saturated heterocycles. The van der Waals surface area contributed by atoms with Crippen molar-refractivity contribution in [1.82, 2.24) is 5.32 Å². The van der Waals surface area contributed by atoms with E-state index in [1.54, 1.807) is 0 Å². The minimum absolute atomic E-state index is 0.0616. The van der Waals surface area contributed by atoms with Gasteiger partial charge in [-0.25, -0.2) is 0 Å². The van der Waals surface area contributed by atoms with Crippen molar-refractivity contribution in [2.75, 3.05) is 19.7 Å². The lowest BCUT2D eigenvalue weighted by Crippen LogP contribution is -2.46. The van der Waals surface area contributed by atoms with Crippen LogP contribution in [-0.4, -0.2) is 44.3 Å². The molecule has 0 saturated carbocycles. The molecule has 0 bridgehead atoms. The van der Waals surface area contributed by atoms with Crippen LogP contribution >= 0.6 is 0 Å². The maximum Gasteiger partial charge on any atom is 0.155 e. The summed E-state index contributed by atoms with van der Waals surface area (Å²) in [5, 5.41) is 3.28. The van der Waals surface area contributed by atoms with Gasteiger partial charge < -0.3 is 19.5 Å². The maximum absolute atomic E-state index is 5.71. The fourth-order valence-corrected chi connectivity index (χ4v) is 1.69. The molecule has 90 valence electrons. The lowest BCUT2D eigenvalue weighted by Gasteiger charge is -2.30. The minimum Gasteiger partial charge on any atom is -0.373 e. The highest BCUT2D eigenvalue weighted by Gasteiger charge is 2.23. The first kappa shape index (κ1) is 12.9. The van der Waals surface area contributed by atoms with Crippen molar-refractivity contribution in [3.8, 4) is 0 Å². The Hall–Kier alpha value is -0.160. The van der Waals surface area contributed by atoms with Crippen molar-refractivity contribution in [2.45, 2.75) is 52.3 Å². The molecule has 3 unspecified atom stereocenters. The first-order valence-electron chi connectivity index (χ1n) is 5.73. The summed E-state index contributed by atoms with van der Waals surface area (Å²) < 4.78 is 16.8. The quantitative estimate of drug-likeness (QED) is 0.701. The van der Waals surface area contributed by atoms with Crippen LogP contribution in [0.15, 0.2) is 0 Å². The standard InChI is InChI=1S/C11H23NO3/c1-8(2)14-10(4)15-9(3)11-7-12-5-6-13-11/h8-12H,5-7H2,1-4H3. The Bertz CT molecular complexity index is 169. The van der Waals surface area contributed by atoms with Gasteiger partial charge in [0.2, 0.25) is 0 Å². The van der Waals surface area contributed by atoms with E-state index in [9.17, 15) is 0 Å². The summed E-state index contributed by atoms with van der Waals surface area (Å²) in [7, 11) is 0. The lowest BCUT2D eigenvalue weighted by atomic mass is 10.2. The second kappa shape index (κ2) is 6.43.